The summed E-state index contributed by atoms with van der Waals surface area (Å²) in [5.41, 5.74) is 3.49. The summed E-state index contributed by atoms with van der Waals surface area (Å²) in [4.78, 5) is 19.1. The fraction of sp³-hybridized carbons (Fsp3) is 0.826. The molecule has 0 nitrogen and oxygen atoms in total. The summed E-state index contributed by atoms with van der Waals surface area (Å²) in [7, 11) is 0. The zero-order valence-electron chi connectivity index (χ0n) is 35.2. The van der Waals surface area contributed by atoms with E-state index in [-0.39, 0.29) is 0 Å². The maximum atomic E-state index is 2.68. The van der Waals surface area contributed by atoms with Crippen LogP contribution < -0.4 is 5.79 Å². The molecule has 0 atom stereocenters. The quantitative estimate of drug-likeness (QED) is 0.0494. The van der Waals surface area contributed by atoms with Gasteiger partial charge in [-0.1, -0.05) is 78.1 Å². The molecule has 0 aromatic carbocycles. The van der Waals surface area contributed by atoms with Gasteiger partial charge in [-0.15, -0.1) is 0 Å². The summed E-state index contributed by atoms with van der Waals surface area (Å²) in [6.07, 6.45) is 43.1. The third-order valence-electron chi connectivity index (χ3n) is 10.8. The standard InChI is InChI=1S/C40H68S2.6CH3.2Sn/c1-3-5-7-9-11-13-15-17-19-21-23-25-27-29-31-37-33-39(41-35-37)40-34-38(36-42-40)32-30-28-26-24-22-20-18-16-14-12-10-8-6-4-2;;;;;;;;/h33-34H,3-32H2,1-2H3;6*1H3;;. The number of hydrogen-bond acceptors (Lipinski definition) is 2. The number of thiophene rings is 2. The molecule has 0 saturated carbocycles. The molecule has 2 aromatic rings. The second kappa shape index (κ2) is 28.4. The van der Waals surface area contributed by atoms with Gasteiger partial charge in [0, 0.05) is 0 Å². The molecule has 4 heteroatoms. The van der Waals surface area contributed by atoms with Gasteiger partial charge in [0.15, 0.2) is 0 Å². The van der Waals surface area contributed by atoms with Gasteiger partial charge in [0.1, 0.15) is 0 Å². The van der Waals surface area contributed by atoms with Gasteiger partial charge in [-0.25, -0.2) is 0 Å². The van der Waals surface area contributed by atoms with Crippen LogP contribution >= 0.6 is 22.7 Å². The Hall–Kier alpha value is 0.997. The summed E-state index contributed by atoms with van der Waals surface area (Å²) >= 11 is 0.0864. The van der Waals surface area contributed by atoms with E-state index < -0.39 is 36.8 Å². The van der Waals surface area contributed by atoms with Crippen molar-refractivity contribution < 1.29 is 0 Å². The molecule has 0 aliphatic carbocycles. The first-order valence-electron chi connectivity index (χ1n) is 22.3. The summed E-state index contributed by atoms with van der Waals surface area (Å²) in [5, 5.41) is 0. The van der Waals surface area contributed by atoms with E-state index in [0.717, 1.165) is 0 Å². The van der Waals surface area contributed by atoms with E-state index in [1.54, 1.807) is 20.9 Å². The second-order valence-electron chi connectivity index (χ2n) is 18.1. The Morgan fingerprint density at radius 3 is 0.780 bits per heavy atom. The Bertz CT molecular complexity index is 997. The number of unbranched alkanes of at least 4 members (excludes halogenated alkanes) is 26. The molecule has 0 unspecified atom stereocenters. The van der Waals surface area contributed by atoms with Crippen molar-refractivity contribution in [1.29, 1.82) is 0 Å². The normalized spacial score (nSPS) is 12.4. The van der Waals surface area contributed by atoms with E-state index in [1.165, 1.54) is 193 Å². The Labute approximate surface area is 331 Å². The van der Waals surface area contributed by atoms with Gasteiger partial charge in [0.25, 0.3) is 0 Å². The van der Waals surface area contributed by atoms with Gasteiger partial charge in [0.2, 0.25) is 0 Å². The molecule has 0 saturated heterocycles. The van der Waals surface area contributed by atoms with Gasteiger partial charge in [-0.2, -0.15) is 0 Å². The molecule has 0 fully saturated rings. The van der Waals surface area contributed by atoms with Crippen LogP contribution in [0.2, 0.25) is 29.6 Å². The topological polar surface area (TPSA) is 0 Å². The molecule has 0 amide bonds. The average Bonchev–Trinajstić information content (AvgIpc) is 3.70. The van der Waals surface area contributed by atoms with Crippen LogP contribution in [0.4, 0.5) is 0 Å². The molecule has 0 N–H and O–H groups in total. The van der Waals surface area contributed by atoms with E-state index in [2.05, 4.69) is 78.3 Å². The van der Waals surface area contributed by atoms with Crippen LogP contribution in [-0.2, 0) is 12.8 Å². The zero-order chi connectivity index (χ0) is 36.5. The van der Waals surface area contributed by atoms with E-state index in [1.807, 2.05) is 5.79 Å². The first-order valence-corrected chi connectivity index (χ1v) is 44.0. The van der Waals surface area contributed by atoms with Crippen LogP contribution in [0.25, 0.3) is 9.75 Å². The van der Waals surface area contributed by atoms with Gasteiger partial charge >= 0.3 is 256 Å². The molecular formula is C46H86S2Sn2. The first kappa shape index (κ1) is 47.1. The summed E-state index contributed by atoms with van der Waals surface area (Å²) < 4.78 is 3.71. The molecule has 2 rings (SSSR count). The van der Waals surface area contributed by atoms with E-state index in [4.69, 9.17) is 0 Å². The molecule has 0 aliphatic rings. The van der Waals surface area contributed by atoms with Crippen molar-refractivity contribution in [2.45, 2.75) is 236 Å². The fourth-order valence-corrected chi connectivity index (χ4v) is 24.1. The van der Waals surface area contributed by atoms with E-state index in [0.29, 0.717) is 0 Å². The minimum absolute atomic E-state index is 1.32. The van der Waals surface area contributed by atoms with Crippen LogP contribution in [0.15, 0.2) is 12.1 Å². The van der Waals surface area contributed by atoms with Crippen LogP contribution in [-0.4, -0.2) is 36.8 Å². The van der Waals surface area contributed by atoms with Crippen molar-refractivity contribution in [2.75, 3.05) is 0 Å². The summed E-state index contributed by atoms with van der Waals surface area (Å²) in [5.74, 6) is 0. The Kier molecular flexibility index (Phi) is 26.8. The third-order valence-corrected chi connectivity index (χ3v) is 32.6. The second-order valence-corrected chi connectivity index (χ2v) is 50.8. The van der Waals surface area contributed by atoms with Crippen LogP contribution in [0, 0.1) is 0 Å². The molecule has 0 spiro atoms. The van der Waals surface area contributed by atoms with Crippen molar-refractivity contribution in [3.63, 3.8) is 0 Å². The molecule has 0 aliphatic heterocycles. The molecule has 0 bridgehead atoms. The molecule has 50 heavy (non-hydrogen) atoms. The Morgan fingerprint density at radius 1 is 0.340 bits per heavy atom. The monoisotopic (exact) mass is 942 g/mol. The maximum absolute atomic E-state index is 2.68. The van der Waals surface area contributed by atoms with E-state index in [9.17, 15) is 0 Å². The number of rotatable bonds is 33. The van der Waals surface area contributed by atoms with Gasteiger partial charge in [0.05, 0.1) is 0 Å². The zero-order valence-corrected chi connectivity index (χ0v) is 42.5. The van der Waals surface area contributed by atoms with Crippen molar-refractivity contribution in [2.24, 2.45) is 0 Å². The van der Waals surface area contributed by atoms with Crippen molar-refractivity contribution >= 4 is 65.2 Å². The SMILES string of the molecule is CCCCCCCCCCCCCCCCc1cc(-c2cc(CCCCCCCCCCCCCCCC)[c]([Sn]([CH3])([CH3])[CH3])s2)s[c]1[Sn]([CH3])([CH3])[CH3]. The third kappa shape index (κ3) is 21.2. The first-order chi connectivity index (χ1) is 24.1. The predicted octanol–water partition coefficient (Wildman–Crippen LogP) is 16.6. The van der Waals surface area contributed by atoms with Crippen molar-refractivity contribution in [3.05, 3.63) is 23.3 Å². The van der Waals surface area contributed by atoms with Crippen LogP contribution in [0.5, 0.6) is 0 Å². The summed E-state index contributed by atoms with van der Waals surface area (Å²) in [6.45, 7) is 4.63. The predicted molar refractivity (Wildman–Crippen MR) is 242 cm³/mol. The van der Waals surface area contributed by atoms with Crippen molar-refractivity contribution in [1.82, 2.24) is 0 Å². The number of aryl methyl sites for hydroxylation is 2. The van der Waals surface area contributed by atoms with Gasteiger partial charge in [-0.3, -0.25) is 0 Å². The fourth-order valence-electron chi connectivity index (χ4n) is 7.76. The van der Waals surface area contributed by atoms with Crippen LogP contribution in [0.3, 0.4) is 0 Å². The van der Waals surface area contributed by atoms with E-state index >= 15 is 0 Å². The molecule has 2 heterocycles. The number of hydrogen-bond donors (Lipinski definition) is 0. The van der Waals surface area contributed by atoms with Crippen LogP contribution in [0.1, 0.15) is 205 Å². The molecule has 0 radical (unpaired) electrons. The molecule has 290 valence electrons. The Balaban J connectivity index is 1.76. The summed E-state index contributed by atoms with van der Waals surface area (Å²) in [6, 6.07) is 5.35. The van der Waals surface area contributed by atoms with Crippen molar-refractivity contribution in [3.8, 4) is 9.75 Å². The minimum atomic E-state index is -2.17. The van der Waals surface area contributed by atoms with Gasteiger partial charge in [-0.05, 0) is 0 Å². The van der Waals surface area contributed by atoms with Gasteiger partial charge < -0.3 is 0 Å². The molecular weight excluding hydrogens is 854 g/mol. The average molecular weight is 941 g/mol. The molecule has 2 aromatic heterocycles. The Morgan fingerprint density at radius 2 is 0.560 bits per heavy atom.